The molecule has 0 bridgehead atoms. The molecule has 116 valence electrons. The third kappa shape index (κ3) is 3.44. The van der Waals surface area contributed by atoms with Crippen LogP contribution in [0.5, 0.6) is 0 Å². The van der Waals surface area contributed by atoms with E-state index in [2.05, 4.69) is 10.6 Å². The Bertz CT molecular complexity index is 607. The first-order valence-electron chi connectivity index (χ1n) is 7.65. The average molecular weight is 317 g/mol. The Balaban J connectivity index is 1.68. The zero-order valence-electron chi connectivity index (χ0n) is 12.3. The lowest BCUT2D eigenvalue weighted by molar-refractivity contribution is -0.120. The minimum Gasteiger partial charge on any atom is -0.339 e. The summed E-state index contributed by atoms with van der Waals surface area (Å²) < 4.78 is 0. The maximum atomic E-state index is 12.5. The van der Waals surface area contributed by atoms with Gasteiger partial charge in [0, 0.05) is 19.0 Å². The number of nitrogens with one attached hydrogen (secondary N) is 2. The maximum Gasteiger partial charge on any atom is 0.255 e. The van der Waals surface area contributed by atoms with Crippen molar-refractivity contribution >= 4 is 34.8 Å². The fourth-order valence-electron chi connectivity index (χ4n) is 2.58. The molecular weight excluding hydrogens is 298 g/mol. The molecule has 2 aliphatic rings. The number of anilines is 1. The lowest BCUT2D eigenvalue weighted by Crippen LogP contribution is -2.36. The molecule has 2 N–H and O–H groups in total. The summed E-state index contributed by atoms with van der Waals surface area (Å²) in [6, 6.07) is 7.27. The maximum absolute atomic E-state index is 12.5. The number of carbonyl (C=O) groups is 2. The topological polar surface area (TPSA) is 61.4 Å². The van der Waals surface area contributed by atoms with Crippen LogP contribution >= 0.6 is 12.2 Å². The first-order valence-corrected chi connectivity index (χ1v) is 8.06. The van der Waals surface area contributed by atoms with Gasteiger partial charge in [0.15, 0.2) is 5.11 Å². The van der Waals surface area contributed by atoms with Gasteiger partial charge < -0.3 is 15.5 Å². The van der Waals surface area contributed by atoms with Gasteiger partial charge in [-0.2, -0.15) is 0 Å². The molecule has 0 unspecified atom stereocenters. The SMILES string of the molecule is O=C(NC(=S)Nc1ccccc1C(=O)N1CCCC1)C1CC1. The van der Waals surface area contributed by atoms with E-state index in [4.69, 9.17) is 12.2 Å². The molecule has 1 aliphatic heterocycles. The van der Waals surface area contributed by atoms with Crippen LogP contribution in [0.25, 0.3) is 0 Å². The second-order valence-corrected chi connectivity index (χ2v) is 6.17. The van der Waals surface area contributed by atoms with Gasteiger partial charge in [0.2, 0.25) is 5.91 Å². The Morgan fingerprint density at radius 3 is 2.50 bits per heavy atom. The summed E-state index contributed by atoms with van der Waals surface area (Å²) in [4.78, 5) is 26.1. The highest BCUT2D eigenvalue weighted by Gasteiger charge is 2.30. The minimum atomic E-state index is -0.0409. The Hall–Kier alpha value is -1.95. The van der Waals surface area contributed by atoms with Crippen LogP contribution in [-0.2, 0) is 4.79 Å². The summed E-state index contributed by atoms with van der Waals surface area (Å²) in [7, 11) is 0. The van der Waals surface area contributed by atoms with E-state index in [1.54, 1.807) is 12.1 Å². The zero-order valence-corrected chi connectivity index (χ0v) is 13.1. The lowest BCUT2D eigenvalue weighted by atomic mass is 10.1. The van der Waals surface area contributed by atoms with Gasteiger partial charge in [-0.25, -0.2) is 0 Å². The van der Waals surface area contributed by atoms with Crippen LogP contribution in [0.2, 0.25) is 0 Å². The summed E-state index contributed by atoms with van der Waals surface area (Å²) in [6.07, 6.45) is 3.96. The highest BCUT2D eigenvalue weighted by Crippen LogP contribution is 2.28. The van der Waals surface area contributed by atoms with Gasteiger partial charge in [-0.05, 0) is 50.0 Å². The van der Waals surface area contributed by atoms with Crippen molar-refractivity contribution in [2.45, 2.75) is 25.7 Å². The summed E-state index contributed by atoms with van der Waals surface area (Å²) in [6.45, 7) is 1.60. The first-order chi connectivity index (χ1) is 10.6. The van der Waals surface area contributed by atoms with Gasteiger partial charge in [-0.1, -0.05) is 12.1 Å². The summed E-state index contributed by atoms with van der Waals surface area (Å²) in [5.41, 5.74) is 1.23. The van der Waals surface area contributed by atoms with Crippen molar-refractivity contribution in [1.29, 1.82) is 0 Å². The predicted octanol–water partition coefficient (Wildman–Crippen LogP) is 2.15. The van der Waals surface area contributed by atoms with E-state index in [1.807, 2.05) is 17.0 Å². The van der Waals surface area contributed by atoms with E-state index in [9.17, 15) is 9.59 Å². The van der Waals surface area contributed by atoms with Gasteiger partial charge in [0.05, 0.1) is 11.3 Å². The second kappa shape index (κ2) is 6.44. The molecule has 1 aromatic rings. The van der Waals surface area contributed by atoms with Crippen molar-refractivity contribution in [1.82, 2.24) is 10.2 Å². The number of benzene rings is 1. The number of thiocarbonyl (C=S) groups is 1. The number of para-hydroxylation sites is 1. The number of hydrogen-bond acceptors (Lipinski definition) is 3. The molecule has 1 heterocycles. The van der Waals surface area contributed by atoms with Gasteiger partial charge in [-0.15, -0.1) is 0 Å². The molecule has 1 aromatic carbocycles. The van der Waals surface area contributed by atoms with E-state index in [0.717, 1.165) is 38.8 Å². The van der Waals surface area contributed by atoms with Crippen LogP contribution in [0.4, 0.5) is 5.69 Å². The molecule has 0 aromatic heterocycles. The largest absolute Gasteiger partial charge is 0.339 e. The van der Waals surface area contributed by atoms with Gasteiger partial charge in [0.25, 0.3) is 5.91 Å². The van der Waals surface area contributed by atoms with E-state index in [0.29, 0.717) is 11.3 Å². The van der Waals surface area contributed by atoms with Crippen molar-refractivity contribution in [3.05, 3.63) is 29.8 Å². The van der Waals surface area contributed by atoms with E-state index < -0.39 is 0 Å². The van der Waals surface area contributed by atoms with Gasteiger partial charge >= 0.3 is 0 Å². The third-order valence-electron chi connectivity index (χ3n) is 3.98. The van der Waals surface area contributed by atoms with Gasteiger partial charge in [0.1, 0.15) is 0 Å². The summed E-state index contributed by atoms with van der Waals surface area (Å²) in [5.74, 6) is 0.0685. The zero-order chi connectivity index (χ0) is 15.5. The molecule has 0 atom stereocenters. The average Bonchev–Trinajstić information content (AvgIpc) is 3.22. The van der Waals surface area contributed by atoms with E-state index in [-0.39, 0.29) is 22.8 Å². The molecule has 3 rings (SSSR count). The van der Waals surface area contributed by atoms with Crippen molar-refractivity contribution in [2.24, 2.45) is 5.92 Å². The molecule has 22 heavy (non-hydrogen) atoms. The smallest absolute Gasteiger partial charge is 0.255 e. The van der Waals surface area contributed by atoms with Gasteiger partial charge in [-0.3, -0.25) is 9.59 Å². The molecule has 0 spiro atoms. The van der Waals surface area contributed by atoms with Crippen LogP contribution in [0.1, 0.15) is 36.0 Å². The molecule has 1 saturated heterocycles. The number of carbonyl (C=O) groups excluding carboxylic acids is 2. The van der Waals surface area contributed by atoms with Crippen molar-refractivity contribution in [2.75, 3.05) is 18.4 Å². The Morgan fingerprint density at radius 2 is 1.82 bits per heavy atom. The molecule has 2 fully saturated rings. The van der Waals surface area contributed by atoms with Crippen molar-refractivity contribution < 1.29 is 9.59 Å². The molecule has 2 amide bonds. The first kappa shape index (κ1) is 15.0. The fraction of sp³-hybridized carbons (Fsp3) is 0.438. The summed E-state index contributed by atoms with van der Waals surface area (Å²) >= 11 is 5.17. The van der Waals surface area contributed by atoms with Crippen LogP contribution < -0.4 is 10.6 Å². The molecule has 5 nitrogen and oxygen atoms in total. The molecule has 0 radical (unpaired) electrons. The number of amides is 2. The molecule has 1 saturated carbocycles. The van der Waals surface area contributed by atoms with E-state index >= 15 is 0 Å². The minimum absolute atomic E-state index is 0.0110. The van der Waals surface area contributed by atoms with Crippen molar-refractivity contribution in [3.63, 3.8) is 0 Å². The quantitative estimate of drug-likeness (QED) is 0.839. The van der Waals surface area contributed by atoms with E-state index in [1.165, 1.54) is 0 Å². The number of hydrogen-bond donors (Lipinski definition) is 2. The van der Waals surface area contributed by atoms with Crippen LogP contribution in [0.3, 0.4) is 0 Å². The Labute approximate surface area is 135 Å². The number of rotatable bonds is 3. The second-order valence-electron chi connectivity index (χ2n) is 5.76. The number of nitrogens with zero attached hydrogens (tertiary/aromatic N) is 1. The predicted molar refractivity (Wildman–Crippen MR) is 88.7 cm³/mol. The third-order valence-corrected chi connectivity index (χ3v) is 4.19. The molecular formula is C16H19N3O2S. The molecule has 1 aliphatic carbocycles. The fourth-order valence-corrected chi connectivity index (χ4v) is 2.79. The summed E-state index contributed by atoms with van der Waals surface area (Å²) in [5, 5.41) is 5.91. The van der Waals surface area contributed by atoms with Crippen LogP contribution in [0, 0.1) is 5.92 Å². The van der Waals surface area contributed by atoms with Crippen LogP contribution in [0.15, 0.2) is 24.3 Å². The van der Waals surface area contributed by atoms with Crippen LogP contribution in [-0.4, -0.2) is 34.9 Å². The highest BCUT2D eigenvalue weighted by molar-refractivity contribution is 7.80. The molecule has 6 heteroatoms. The monoisotopic (exact) mass is 317 g/mol. The number of likely N-dealkylation sites (tertiary alicyclic amines) is 1. The normalized spacial score (nSPS) is 17.2. The standard InChI is InChI=1S/C16H19N3O2S/c20-14(11-7-8-11)18-16(22)17-13-6-2-1-5-12(13)15(21)19-9-3-4-10-19/h1-2,5-6,11H,3-4,7-10H2,(H2,17,18,20,22). The lowest BCUT2D eigenvalue weighted by Gasteiger charge is -2.18. The Morgan fingerprint density at radius 1 is 1.14 bits per heavy atom. The highest BCUT2D eigenvalue weighted by atomic mass is 32.1. The Kier molecular flexibility index (Phi) is 4.38. The van der Waals surface area contributed by atoms with Crippen molar-refractivity contribution in [3.8, 4) is 0 Å².